The van der Waals surface area contributed by atoms with Crippen LogP contribution >= 0.6 is 23.4 Å². The number of carbonyl (C=O) groups is 2. The maximum Gasteiger partial charge on any atom is 0.356 e. The number of esters is 1. The highest BCUT2D eigenvalue weighted by Gasteiger charge is 2.56. The molecule has 2 fully saturated rings. The SMILES string of the molecule is O=C(OC(c1ccccc1)c1ccccc1)C1=C(CCl)CS[C@H]2C(N3COCOC3)C(=O)N12. The molecule has 0 N–H and O–H groups in total. The van der Waals surface area contributed by atoms with Gasteiger partial charge >= 0.3 is 5.97 Å². The number of carbonyl (C=O) groups excluding carboxylic acids is 2. The molecule has 0 aromatic heterocycles. The predicted molar refractivity (Wildman–Crippen MR) is 124 cm³/mol. The first kappa shape index (κ1) is 22.4. The van der Waals surface area contributed by atoms with E-state index in [1.54, 1.807) is 11.8 Å². The summed E-state index contributed by atoms with van der Waals surface area (Å²) >= 11 is 7.78. The number of alkyl halides is 1. The van der Waals surface area contributed by atoms with Crippen molar-refractivity contribution in [2.75, 3.05) is 31.9 Å². The Balaban J connectivity index is 1.42. The Morgan fingerprint density at radius 1 is 1.06 bits per heavy atom. The van der Waals surface area contributed by atoms with Crippen LogP contribution in [-0.4, -0.2) is 65.0 Å². The fourth-order valence-electron chi connectivity index (χ4n) is 4.27. The van der Waals surface area contributed by atoms with Gasteiger partial charge in [0.2, 0.25) is 5.91 Å². The van der Waals surface area contributed by atoms with Crippen LogP contribution in [0.4, 0.5) is 0 Å². The summed E-state index contributed by atoms with van der Waals surface area (Å²) in [5, 5.41) is -0.218. The minimum Gasteiger partial charge on any atom is -0.448 e. The van der Waals surface area contributed by atoms with E-state index in [1.807, 2.05) is 65.6 Å². The van der Waals surface area contributed by atoms with Crippen LogP contribution in [0, 0.1) is 0 Å². The summed E-state index contributed by atoms with van der Waals surface area (Å²) in [6.07, 6.45) is -0.604. The average Bonchev–Trinajstić information content (AvgIpc) is 2.88. The summed E-state index contributed by atoms with van der Waals surface area (Å²) < 4.78 is 16.7. The summed E-state index contributed by atoms with van der Waals surface area (Å²) in [5.41, 5.74) is 2.65. The molecule has 3 aliphatic heterocycles. The van der Waals surface area contributed by atoms with Gasteiger partial charge in [-0.3, -0.25) is 9.69 Å². The molecule has 172 valence electrons. The number of β-lactam (4-membered cyclic amide) rings is 1. The largest absolute Gasteiger partial charge is 0.448 e. The van der Waals surface area contributed by atoms with Crippen molar-refractivity contribution < 1.29 is 23.8 Å². The number of rotatable bonds is 6. The summed E-state index contributed by atoms with van der Waals surface area (Å²) in [4.78, 5) is 30.1. The molecule has 0 spiro atoms. The van der Waals surface area contributed by atoms with Gasteiger partial charge in [-0.2, -0.15) is 0 Å². The molecule has 5 rings (SSSR count). The lowest BCUT2D eigenvalue weighted by Crippen LogP contribution is -2.71. The number of nitrogens with zero attached hydrogens (tertiary/aromatic N) is 2. The third-order valence-corrected chi connectivity index (χ3v) is 7.53. The Bertz CT molecular complexity index is 1010. The summed E-state index contributed by atoms with van der Waals surface area (Å²) in [7, 11) is 0. The van der Waals surface area contributed by atoms with Gasteiger partial charge in [-0.05, 0) is 16.7 Å². The highest BCUT2D eigenvalue weighted by atomic mass is 35.5. The lowest BCUT2D eigenvalue weighted by molar-refractivity contribution is -0.211. The first-order chi connectivity index (χ1) is 16.2. The van der Waals surface area contributed by atoms with E-state index in [0.717, 1.165) is 11.1 Å². The topological polar surface area (TPSA) is 68.3 Å². The van der Waals surface area contributed by atoms with Gasteiger partial charge in [0.1, 0.15) is 37.4 Å². The molecule has 2 aromatic carbocycles. The molecule has 7 nitrogen and oxygen atoms in total. The zero-order chi connectivity index (χ0) is 22.8. The Morgan fingerprint density at radius 3 is 2.24 bits per heavy atom. The first-order valence-electron chi connectivity index (χ1n) is 10.6. The van der Waals surface area contributed by atoms with Crippen LogP contribution in [0.5, 0.6) is 0 Å². The van der Waals surface area contributed by atoms with Crippen molar-refractivity contribution in [2.24, 2.45) is 0 Å². The number of benzene rings is 2. The summed E-state index contributed by atoms with van der Waals surface area (Å²) in [6, 6.07) is 18.7. The van der Waals surface area contributed by atoms with Gasteiger partial charge in [-0.15, -0.1) is 23.4 Å². The van der Waals surface area contributed by atoms with E-state index in [2.05, 4.69) is 0 Å². The Hall–Kier alpha value is -2.36. The molecule has 0 saturated carbocycles. The number of hydrogen-bond donors (Lipinski definition) is 0. The third-order valence-electron chi connectivity index (χ3n) is 5.88. The van der Waals surface area contributed by atoms with Crippen molar-refractivity contribution in [3.8, 4) is 0 Å². The number of fused-ring (bicyclic) bond motifs is 1. The van der Waals surface area contributed by atoms with Gasteiger partial charge in [0.15, 0.2) is 6.10 Å². The molecule has 3 heterocycles. The van der Waals surface area contributed by atoms with Gasteiger partial charge < -0.3 is 14.2 Å². The van der Waals surface area contributed by atoms with E-state index >= 15 is 0 Å². The smallest absolute Gasteiger partial charge is 0.356 e. The first-order valence-corrected chi connectivity index (χ1v) is 12.2. The maximum absolute atomic E-state index is 13.5. The molecule has 2 saturated heterocycles. The van der Waals surface area contributed by atoms with Gasteiger partial charge in [-0.25, -0.2) is 9.69 Å². The normalized spacial score (nSPS) is 23.3. The standard InChI is InChI=1S/C24H23ClN2O5S/c25-11-18-12-33-23-20(26-13-30-15-31-14-26)22(28)27(23)19(18)24(29)32-21(16-7-3-1-4-8-16)17-9-5-2-6-10-17/h1-10,20-21,23H,11-15H2/t20?,23-/m0/s1. The van der Waals surface area contributed by atoms with Crippen molar-refractivity contribution in [1.29, 1.82) is 0 Å². The van der Waals surface area contributed by atoms with E-state index in [1.165, 1.54) is 4.90 Å². The Kier molecular flexibility index (Phi) is 6.71. The van der Waals surface area contributed by atoms with Crippen molar-refractivity contribution in [2.45, 2.75) is 17.5 Å². The Labute approximate surface area is 201 Å². The summed E-state index contributed by atoms with van der Waals surface area (Å²) in [6.45, 7) is 0.849. The van der Waals surface area contributed by atoms with Crippen molar-refractivity contribution in [3.05, 3.63) is 83.1 Å². The monoisotopic (exact) mass is 486 g/mol. The van der Waals surface area contributed by atoms with E-state index in [9.17, 15) is 9.59 Å². The molecule has 1 amide bonds. The quantitative estimate of drug-likeness (QED) is 0.352. The highest BCUT2D eigenvalue weighted by Crippen LogP contribution is 2.43. The lowest BCUT2D eigenvalue weighted by atomic mass is 10.0. The fraction of sp³-hybridized carbons (Fsp3) is 0.333. The fourth-order valence-corrected chi connectivity index (χ4v) is 6.04. The van der Waals surface area contributed by atoms with Crippen molar-refractivity contribution >= 4 is 35.2 Å². The molecule has 33 heavy (non-hydrogen) atoms. The molecule has 3 aliphatic rings. The van der Waals surface area contributed by atoms with Gasteiger partial charge in [0, 0.05) is 11.6 Å². The number of amides is 1. The highest BCUT2D eigenvalue weighted by molar-refractivity contribution is 8.00. The molecule has 9 heteroatoms. The number of halogens is 1. The number of ether oxygens (including phenoxy) is 3. The molecule has 2 aromatic rings. The van der Waals surface area contributed by atoms with Crippen LogP contribution in [0.3, 0.4) is 0 Å². The molecular formula is C24H23ClN2O5S. The molecule has 0 radical (unpaired) electrons. The van der Waals surface area contributed by atoms with Crippen LogP contribution in [-0.2, 0) is 23.8 Å². The second-order valence-corrected chi connectivity index (χ2v) is 9.29. The molecule has 0 bridgehead atoms. The van der Waals surface area contributed by atoms with Crippen LogP contribution < -0.4 is 0 Å². The lowest BCUT2D eigenvalue weighted by Gasteiger charge is -2.53. The molecular weight excluding hydrogens is 464 g/mol. The van der Waals surface area contributed by atoms with Crippen molar-refractivity contribution in [1.82, 2.24) is 9.80 Å². The molecule has 0 aliphatic carbocycles. The van der Waals surface area contributed by atoms with Gasteiger partial charge in [-0.1, -0.05) is 60.7 Å². The van der Waals surface area contributed by atoms with E-state index in [0.29, 0.717) is 24.8 Å². The number of hydrogen-bond acceptors (Lipinski definition) is 7. The second kappa shape index (κ2) is 9.87. The van der Waals surface area contributed by atoms with Gasteiger partial charge in [0.05, 0.1) is 0 Å². The minimum atomic E-state index is -0.604. The van der Waals surface area contributed by atoms with E-state index < -0.39 is 18.1 Å². The maximum atomic E-state index is 13.5. The zero-order valence-electron chi connectivity index (χ0n) is 17.8. The molecule has 1 unspecified atom stereocenters. The van der Waals surface area contributed by atoms with Gasteiger partial charge in [0.25, 0.3) is 0 Å². The van der Waals surface area contributed by atoms with Crippen molar-refractivity contribution in [3.63, 3.8) is 0 Å². The minimum absolute atomic E-state index is 0.149. The average molecular weight is 487 g/mol. The third kappa shape index (κ3) is 4.29. The predicted octanol–water partition coefficient (Wildman–Crippen LogP) is 3.32. The van der Waals surface area contributed by atoms with E-state index in [4.69, 9.17) is 25.8 Å². The second-order valence-electron chi connectivity index (χ2n) is 7.92. The molecule has 2 atom stereocenters. The number of thioether (sulfide) groups is 1. The van der Waals surface area contributed by atoms with Crippen LogP contribution in [0.25, 0.3) is 0 Å². The van der Waals surface area contributed by atoms with Crippen LogP contribution in [0.2, 0.25) is 0 Å². The van der Waals surface area contributed by atoms with Crippen LogP contribution in [0.1, 0.15) is 17.2 Å². The summed E-state index contributed by atoms with van der Waals surface area (Å²) in [5.74, 6) is -0.0236. The zero-order valence-corrected chi connectivity index (χ0v) is 19.3. The Morgan fingerprint density at radius 2 is 1.67 bits per heavy atom. The van der Waals surface area contributed by atoms with Crippen LogP contribution in [0.15, 0.2) is 71.9 Å². The van der Waals surface area contributed by atoms with E-state index in [-0.39, 0.29) is 29.7 Å².